The van der Waals surface area contributed by atoms with Crippen molar-refractivity contribution in [1.82, 2.24) is 10.6 Å². The highest BCUT2D eigenvalue weighted by atomic mass is 16.6. The molecule has 6 nitrogen and oxygen atoms in total. The predicted octanol–water partition coefficient (Wildman–Crippen LogP) is 2.62. The first-order chi connectivity index (χ1) is 11.3. The van der Waals surface area contributed by atoms with Gasteiger partial charge < -0.3 is 20.1 Å². The monoisotopic (exact) mass is 336 g/mol. The molecule has 2 amide bonds. The van der Waals surface area contributed by atoms with Crippen molar-refractivity contribution in [3.05, 3.63) is 35.9 Å². The van der Waals surface area contributed by atoms with Crippen LogP contribution in [0.3, 0.4) is 0 Å². The molecule has 1 aromatic rings. The molecule has 134 valence electrons. The first-order valence-electron chi connectivity index (χ1n) is 8.18. The number of rotatable bonds is 8. The number of alkyl carbamates (subject to hydrolysis) is 1. The Morgan fingerprint density at radius 3 is 2.33 bits per heavy atom. The average molecular weight is 336 g/mol. The molecule has 1 unspecified atom stereocenters. The molecule has 0 heterocycles. The van der Waals surface area contributed by atoms with Crippen LogP contribution in [0.2, 0.25) is 0 Å². The van der Waals surface area contributed by atoms with Crippen molar-refractivity contribution in [1.29, 1.82) is 0 Å². The van der Waals surface area contributed by atoms with Gasteiger partial charge in [-0.1, -0.05) is 30.3 Å². The van der Waals surface area contributed by atoms with Crippen LogP contribution in [0.4, 0.5) is 4.79 Å². The molecule has 0 aliphatic carbocycles. The molecule has 0 saturated carbocycles. The van der Waals surface area contributed by atoms with Crippen LogP contribution in [0.1, 0.15) is 39.7 Å². The molecule has 1 rings (SSSR count). The second-order valence-corrected chi connectivity index (χ2v) is 6.51. The lowest BCUT2D eigenvalue weighted by Crippen LogP contribution is -2.37. The summed E-state index contributed by atoms with van der Waals surface area (Å²) in [6.07, 6.45) is -0.353. The van der Waals surface area contributed by atoms with Crippen LogP contribution in [0, 0.1) is 0 Å². The number of carbonyl (C=O) groups excluding carboxylic acids is 2. The van der Waals surface area contributed by atoms with Crippen molar-refractivity contribution in [2.75, 3.05) is 13.1 Å². The Balaban J connectivity index is 2.11. The lowest BCUT2D eigenvalue weighted by Gasteiger charge is -2.19. The molecule has 0 fully saturated rings. The Hall–Kier alpha value is -2.08. The van der Waals surface area contributed by atoms with Crippen molar-refractivity contribution in [2.24, 2.45) is 0 Å². The molecular weight excluding hydrogens is 308 g/mol. The Labute approximate surface area is 143 Å². The van der Waals surface area contributed by atoms with E-state index in [1.165, 1.54) is 0 Å². The quantitative estimate of drug-likeness (QED) is 0.716. The zero-order valence-corrected chi connectivity index (χ0v) is 14.9. The first-order valence-corrected chi connectivity index (χ1v) is 8.18. The first kappa shape index (κ1) is 20.0. The van der Waals surface area contributed by atoms with Crippen LogP contribution in [-0.4, -0.2) is 36.8 Å². The van der Waals surface area contributed by atoms with Gasteiger partial charge in [0.1, 0.15) is 11.7 Å². The van der Waals surface area contributed by atoms with Crippen molar-refractivity contribution >= 4 is 12.0 Å². The van der Waals surface area contributed by atoms with E-state index in [0.29, 0.717) is 26.1 Å². The summed E-state index contributed by atoms with van der Waals surface area (Å²) in [5, 5.41) is 5.43. The van der Waals surface area contributed by atoms with Crippen LogP contribution in [0.25, 0.3) is 0 Å². The van der Waals surface area contributed by atoms with Gasteiger partial charge in [-0.05, 0) is 39.7 Å². The fourth-order valence-electron chi connectivity index (χ4n) is 1.82. The topological polar surface area (TPSA) is 76.7 Å². The van der Waals surface area contributed by atoms with Crippen LogP contribution in [0.15, 0.2) is 30.3 Å². The summed E-state index contributed by atoms with van der Waals surface area (Å²) in [4.78, 5) is 23.3. The molecule has 0 spiro atoms. The molecule has 6 heteroatoms. The molecule has 0 aromatic heterocycles. The maximum Gasteiger partial charge on any atom is 0.407 e. The summed E-state index contributed by atoms with van der Waals surface area (Å²) in [6.45, 7) is 8.45. The van der Waals surface area contributed by atoms with Gasteiger partial charge in [0, 0.05) is 13.1 Å². The van der Waals surface area contributed by atoms with Crippen molar-refractivity contribution in [2.45, 2.75) is 52.4 Å². The molecule has 0 radical (unpaired) electrons. The van der Waals surface area contributed by atoms with E-state index in [1.54, 1.807) is 6.92 Å². The van der Waals surface area contributed by atoms with Gasteiger partial charge in [-0.3, -0.25) is 4.79 Å². The largest absolute Gasteiger partial charge is 0.444 e. The molecule has 1 atom stereocenters. The minimum atomic E-state index is -0.524. The smallest absolute Gasteiger partial charge is 0.407 e. The molecule has 1 aromatic carbocycles. The Morgan fingerprint density at radius 1 is 1.08 bits per heavy atom. The Kier molecular flexibility index (Phi) is 8.26. The SMILES string of the molecule is CC(OCc1ccccc1)C(=O)NCCCNC(=O)OC(C)(C)C. The van der Waals surface area contributed by atoms with Gasteiger partial charge in [0.25, 0.3) is 0 Å². The minimum Gasteiger partial charge on any atom is -0.444 e. The summed E-state index contributed by atoms with van der Waals surface area (Å²) >= 11 is 0. The number of amides is 2. The maximum absolute atomic E-state index is 11.9. The predicted molar refractivity (Wildman–Crippen MR) is 92.6 cm³/mol. The fourth-order valence-corrected chi connectivity index (χ4v) is 1.82. The van der Waals surface area contributed by atoms with Gasteiger partial charge in [-0.15, -0.1) is 0 Å². The molecule has 0 aliphatic rings. The van der Waals surface area contributed by atoms with E-state index in [1.807, 2.05) is 51.1 Å². The van der Waals surface area contributed by atoms with E-state index in [2.05, 4.69) is 10.6 Å². The number of benzene rings is 1. The standard InChI is InChI=1S/C18H28N2O4/c1-14(23-13-15-9-6-5-7-10-15)16(21)19-11-8-12-20-17(22)24-18(2,3)4/h5-7,9-10,14H,8,11-13H2,1-4H3,(H,19,21)(H,20,22). The lowest BCUT2D eigenvalue weighted by molar-refractivity contribution is -0.132. The van der Waals surface area contributed by atoms with Gasteiger partial charge in [-0.2, -0.15) is 0 Å². The normalized spacial score (nSPS) is 12.3. The van der Waals surface area contributed by atoms with Gasteiger partial charge >= 0.3 is 6.09 Å². The summed E-state index contributed by atoms with van der Waals surface area (Å²) in [6, 6.07) is 9.70. The average Bonchev–Trinajstić information content (AvgIpc) is 2.51. The summed E-state index contributed by atoms with van der Waals surface area (Å²) in [7, 11) is 0. The summed E-state index contributed by atoms with van der Waals surface area (Å²) < 4.78 is 10.7. The van der Waals surface area contributed by atoms with Crippen molar-refractivity contribution in [3.8, 4) is 0 Å². The molecule has 24 heavy (non-hydrogen) atoms. The molecule has 2 N–H and O–H groups in total. The highest BCUT2D eigenvalue weighted by molar-refractivity contribution is 5.80. The summed E-state index contributed by atoms with van der Waals surface area (Å²) in [5.74, 6) is -0.164. The van der Waals surface area contributed by atoms with Crippen LogP contribution in [-0.2, 0) is 20.9 Å². The van der Waals surface area contributed by atoms with E-state index in [9.17, 15) is 9.59 Å². The molecular formula is C18H28N2O4. The number of nitrogens with one attached hydrogen (secondary N) is 2. The minimum absolute atomic E-state index is 0.164. The van der Waals surface area contributed by atoms with Gasteiger partial charge in [-0.25, -0.2) is 4.79 Å². The molecule has 0 aliphatic heterocycles. The van der Waals surface area contributed by atoms with Crippen LogP contribution < -0.4 is 10.6 Å². The number of hydrogen-bond donors (Lipinski definition) is 2. The third kappa shape index (κ3) is 9.15. The summed E-state index contributed by atoms with van der Waals surface area (Å²) in [5.41, 5.74) is 0.516. The van der Waals surface area contributed by atoms with E-state index in [-0.39, 0.29) is 5.91 Å². The lowest BCUT2D eigenvalue weighted by atomic mass is 10.2. The number of carbonyl (C=O) groups is 2. The van der Waals surface area contributed by atoms with E-state index in [4.69, 9.17) is 9.47 Å². The van der Waals surface area contributed by atoms with E-state index in [0.717, 1.165) is 5.56 Å². The van der Waals surface area contributed by atoms with Gasteiger partial charge in [0.2, 0.25) is 5.91 Å². The maximum atomic E-state index is 11.9. The fraction of sp³-hybridized carbons (Fsp3) is 0.556. The Morgan fingerprint density at radius 2 is 1.71 bits per heavy atom. The highest BCUT2D eigenvalue weighted by Crippen LogP contribution is 2.06. The van der Waals surface area contributed by atoms with E-state index < -0.39 is 17.8 Å². The molecule has 0 bridgehead atoms. The van der Waals surface area contributed by atoms with Crippen molar-refractivity contribution < 1.29 is 19.1 Å². The van der Waals surface area contributed by atoms with Gasteiger partial charge in [0.05, 0.1) is 6.61 Å². The van der Waals surface area contributed by atoms with Crippen LogP contribution in [0.5, 0.6) is 0 Å². The third-order valence-electron chi connectivity index (χ3n) is 3.03. The number of hydrogen-bond acceptors (Lipinski definition) is 4. The second kappa shape index (κ2) is 9.93. The zero-order valence-electron chi connectivity index (χ0n) is 14.9. The van der Waals surface area contributed by atoms with Gasteiger partial charge in [0.15, 0.2) is 0 Å². The molecule has 0 saturated heterocycles. The highest BCUT2D eigenvalue weighted by Gasteiger charge is 2.16. The second-order valence-electron chi connectivity index (χ2n) is 6.51. The van der Waals surface area contributed by atoms with Crippen molar-refractivity contribution in [3.63, 3.8) is 0 Å². The van der Waals surface area contributed by atoms with E-state index >= 15 is 0 Å². The zero-order chi connectivity index (χ0) is 18.0. The van der Waals surface area contributed by atoms with Crippen LogP contribution >= 0.6 is 0 Å². The Bertz CT molecular complexity index is 512. The third-order valence-corrected chi connectivity index (χ3v) is 3.03. The number of ether oxygens (including phenoxy) is 2.